The van der Waals surface area contributed by atoms with Crippen molar-refractivity contribution in [2.24, 2.45) is 5.41 Å². The molecule has 0 spiro atoms. The van der Waals surface area contributed by atoms with Gasteiger partial charge in [0.1, 0.15) is 0 Å². The summed E-state index contributed by atoms with van der Waals surface area (Å²) >= 11 is 0. The Morgan fingerprint density at radius 2 is 1.89 bits per heavy atom. The van der Waals surface area contributed by atoms with Crippen molar-refractivity contribution in [2.75, 3.05) is 26.2 Å². The molecule has 0 aromatic rings. The molecule has 1 saturated heterocycles. The third kappa shape index (κ3) is 5.83. The zero-order chi connectivity index (χ0) is 14.1. The first-order chi connectivity index (χ1) is 9.15. The fourth-order valence-electron chi connectivity index (χ4n) is 3.32. The molecule has 1 rings (SSSR count). The third-order valence-electron chi connectivity index (χ3n) is 5.18. The lowest BCUT2D eigenvalue weighted by Crippen LogP contribution is -2.36. The van der Waals surface area contributed by atoms with Gasteiger partial charge in [-0.3, -0.25) is 0 Å². The topological polar surface area (TPSA) is 15.3 Å². The quantitative estimate of drug-likeness (QED) is 0.601. The molecule has 1 aliphatic rings. The van der Waals surface area contributed by atoms with Crippen molar-refractivity contribution in [2.45, 2.75) is 78.7 Å². The number of hydrogen-bond acceptors (Lipinski definition) is 2. The van der Waals surface area contributed by atoms with Crippen molar-refractivity contribution < 1.29 is 0 Å². The van der Waals surface area contributed by atoms with Gasteiger partial charge in [-0.05, 0) is 44.6 Å². The van der Waals surface area contributed by atoms with E-state index in [9.17, 15) is 0 Å². The zero-order valence-electron chi connectivity index (χ0n) is 13.8. The second kappa shape index (κ2) is 8.97. The van der Waals surface area contributed by atoms with Crippen LogP contribution >= 0.6 is 0 Å². The Morgan fingerprint density at radius 1 is 1.16 bits per heavy atom. The lowest BCUT2D eigenvalue weighted by molar-refractivity contribution is 0.238. The molecule has 114 valence electrons. The van der Waals surface area contributed by atoms with E-state index in [1.54, 1.807) is 0 Å². The average Bonchev–Trinajstić information content (AvgIpc) is 2.83. The van der Waals surface area contributed by atoms with Gasteiger partial charge < -0.3 is 10.2 Å². The van der Waals surface area contributed by atoms with E-state index in [4.69, 9.17) is 0 Å². The van der Waals surface area contributed by atoms with E-state index in [-0.39, 0.29) is 0 Å². The summed E-state index contributed by atoms with van der Waals surface area (Å²) in [5, 5.41) is 3.69. The van der Waals surface area contributed by atoms with Crippen LogP contribution in [0.2, 0.25) is 0 Å². The SMILES string of the molecule is CCCCCC(C)NCCN1CCC(CC)(CC)C1. The molecule has 0 aliphatic carbocycles. The summed E-state index contributed by atoms with van der Waals surface area (Å²) in [6.07, 6.45) is 9.53. The molecular weight excluding hydrogens is 232 g/mol. The molecule has 1 aliphatic heterocycles. The summed E-state index contributed by atoms with van der Waals surface area (Å²) in [4.78, 5) is 2.67. The van der Waals surface area contributed by atoms with E-state index in [2.05, 4.69) is 37.9 Å². The molecule has 19 heavy (non-hydrogen) atoms. The van der Waals surface area contributed by atoms with Gasteiger partial charge in [-0.25, -0.2) is 0 Å². The molecule has 1 heterocycles. The average molecular weight is 268 g/mol. The Bertz CT molecular complexity index is 223. The van der Waals surface area contributed by atoms with Gasteiger partial charge in [-0.15, -0.1) is 0 Å². The van der Waals surface area contributed by atoms with Crippen LogP contribution in [0, 0.1) is 5.41 Å². The van der Waals surface area contributed by atoms with Gasteiger partial charge in [0.2, 0.25) is 0 Å². The van der Waals surface area contributed by atoms with E-state index in [0.717, 1.165) is 6.54 Å². The predicted molar refractivity (Wildman–Crippen MR) is 85.7 cm³/mol. The first-order valence-corrected chi connectivity index (χ1v) is 8.61. The monoisotopic (exact) mass is 268 g/mol. The minimum atomic E-state index is 0.632. The number of nitrogens with one attached hydrogen (secondary N) is 1. The molecular formula is C17H36N2. The maximum Gasteiger partial charge on any atom is 0.0107 e. The number of nitrogens with zero attached hydrogens (tertiary/aromatic N) is 1. The highest BCUT2D eigenvalue weighted by molar-refractivity contribution is 4.88. The molecule has 0 bridgehead atoms. The number of unbranched alkanes of at least 4 members (excludes halogenated alkanes) is 2. The van der Waals surface area contributed by atoms with Gasteiger partial charge in [0, 0.05) is 25.7 Å². The molecule has 0 aromatic carbocycles. The van der Waals surface area contributed by atoms with Gasteiger partial charge in [-0.1, -0.05) is 40.0 Å². The van der Waals surface area contributed by atoms with E-state index in [1.807, 2.05) is 0 Å². The van der Waals surface area contributed by atoms with Crippen LogP contribution in [0.15, 0.2) is 0 Å². The molecule has 2 nitrogen and oxygen atoms in total. The highest BCUT2D eigenvalue weighted by Gasteiger charge is 2.34. The molecule has 0 amide bonds. The normalized spacial score (nSPS) is 20.8. The fourth-order valence-corrected chi connectivity index (χ4v) is 3.32. The summed E-state index contributed by atoms with van der Waals surface area (Å²) < 4.78 is 0. The van der Waals surface area contributed by atoms with Crippen molar-refractivity contribution >= 4 is 0 Å². The van der Waals surface area contributed by atoms with Crippen LogP contribution in [0.3, 0.4) is 0 Å². The summed E-state index contributed by atoms with van der Waals surface area (Å²) in [7, 11) is 0. The Hall–Kier alpha value is -0.0800. The van der Waals surface area contributed by atoms with Crippen molar-refractivity contribution in [1.82, 2.24) is 10.2 Å². The third-order valence-corrected chi connectivity index (χ3v) is 5.18. The minimum Gasteiger partial charge on any atom is -0.313 e. The second-order valence-electron chi connectivity index (χ2n) is 6.58. The molecule has 0 radical (unpaired) electrons. The van der Waals surface area contributed by atoms with Crippen LogP contribution in [0.4, 0.5) is 0 Å². The molecule has 1 atom stereocenters. The summed E-state index contributed by atoms with van der Waals surface area (Å²) in [6, 6.07) is 0.691. The molecule has 1 N–H and O–H groups in total. The van der Waals surface area contributed by atoms with E-state index < -0.39 is 0 Å². The van der Waals surface area contributed by atoms with Crippen LogP contribution in [0.5, 0.6) is 0 Å². The Kier molecular flexibility index (Phi) is 8.01. The zero-order valence-corrected chi connectivity index (χ0v) is 13.8. The second-order valence-corrected chi connectivity index (χ2v) is 6.58. The Balaban J connectivity index is 2.10. The molecule has 1 fully saturated rings. The maximum atomic E-state index is 3.69. The molecule has 0 aromatic heterocycles. The van der Waals surface area contributed by atoms with Gasteiger partial charge in [0.25, 0.3) is 0 Å². The van der Waals surface area contributed by atoms with Crippen LogP contribution in [0.1, 0.15) is 72.6 Å². The van der Waals surface area contributed by atoms with Gasteiger partial charge >= 0.3 is 0 Å². The number of rotatable bonds is 10. The van der Waals surface area contributed by atoms with Crippen molar-refractivity contribution in [1.29, 1.82) is 0 Å². The van der Waals surface area contributed by atoms with Crippen molar-refractivity contribution in [3.63, 3.8) is 0 Å². The highest BCUT2D eigenvalue weighted by Crippen LogP contribution is 2.36. The van der Waals surface area contributed by atoms with Crippen LogP contribution in [-0.2, 0) is 0 Å². The smallest absolute Gasteiger partial charge is 0.0107 e. The standard InChI is InChI=1S/C17H36N2/c1-5-8-9-10-16(4)18-12-14-19-13-11-17(6-2,7-3)15-19/h16,18H,5-15H2,1-4H3. The highest BCUT2D eigenvalue weighted by atomic mass is 15.2. The first kappa shape index (κ1) is 17.0. The van der Waals surface area contributed by atoms with E-state index >= 15 is 0 Å². The molecule has 0 saturated carbocycles. The molecule has 1 unspecified atom stereocenters. The van der Waals surface area contributed by atoms with Crippen LogP contribution in [-0.4, -0.2) is 37.1 Å². The fraction of sp³-hybridized carbons (Fsp3) is 1.00. The Morgan fingerprint density at radius 3 is 2.47 bits per heavy atom. The number of likely N-dealkylation sites (tertiary alicyclic amines) is 1. The lowest BCUT2D eigenvalue weighted by atomic mass is 9.82. The summed E-state index contributed by atoms with van der Waals surface area (Å²) in [6.45, 7) is 14.4. The Labute approximate surface area is 121 Å². The maximum absolute atomic E-state index is 3.69. The minimum absolute atomic E-state index is 0.632. The number of hydrogen-bond donors (Lipinski definition) is 1. The lowest BCUT2D eigenvalue weighted by Gasteiger charge is -2.26. The first-order valence-electron chi connectivity index (χ1n) is 8.61. The van der Waals surface area contributed by atoms with Crippen molar-refractivity contribution in [3.8, 4) is 0 Å². The van der Waals surface area contributed by atoms with Gasteiger partial charge in [0.15, 0.2) is 0 Å². The predicted octanol–water partition coefficient (Wildman–Crippen LogP) is 4.06. The van der Waals surface area contributed by atoms with Gasteiger partial charge in [0.05, 0.1) is 0 Å². The summed E-state index contributed by atoms with van der Waals surface area (Å²) in [5.74, 6) is 0. The largest absolute Gasteiger partial charge is 0.313 e. The van der Waals surface area contributed by atoms with Gasteiger partial charge in [-0.2, -0.15) is 0 Å². The molecule has 2 heteroatoms. The van der Waals surface area contributed by atoms with E-state index in [0.29, 0.717) is 11.5 Å². The van der Waals surface area contributed by atoms with E-state index in [1.165, 1.54) is 64.6 Å². The summed E-state index contributed by atoms with van der Waals surface area (Å²) in [5.41, 5.74) is 0.632. The van der Waals surface area contributed by atoms with Crippen LogP contribution < -0.4 is 5.32 Å². The van der Waals surface area contributed by atoms with Crippen LogP contribution in [0.25, 0.3) is 0 Å². The van der Waals surface area contributed by atoms with Crippen molar-refractivity contribution in [3.05, 3.63) is 0 Å².